The predicted octanol–water partition coefficient (Wildman–Crippen LogP) is 1.37. The SMILES string of the molecule is CCCCNc1nc(SCCC)nc2c1nnn2C1C[C@@H](C(=O)N[C@@H](C(N)=O)[C@@H](C)O)C2OC(C)(C)OC21. The Labute approximate surface area is 226 Å². The molecule has 3 unspecified atom stereocenters. The number of ether oxygens (including phenoxy) is 2. The maximum atomic E-state index is 13.3. The van der Waals surface area contributed by atoms with E-state index in [1.54, 1.807) is 30.3 Å². The van der Waals surface area contributed by atoms with E-state index in [1.165, 1.54) is 6.92 Å². The van der Waals surface area contributed by atoms with Gasteiger partial charge < -0.3 is 30.9 Å². The maximum absolute atomic E-state index is 13.3. The molecule has 14 heteroatoms. The Morgan fingerprint density at radius 3 is 2.63 bits per heavy atom. The number of aromatic nitrogens is 5. The summed E-state index contributed by atoms with van der Waals surface area (Å²) in [5, 5.41) is 25.4. The van der Waals surface area contributed by atoms with E-state index in [9.17, 15) is 14.7 Å². The average molecular weight is 551 g/mol. The monoisotopic (exact) mass is 550 g/mol. The van der Waals surface area contributed by atoms with Crippen LogP contribution in [0.3, 0.4) is 0 Å². The minimum absolute atomic E-state index is 0.307. The Hall–Kier alpha value is -2.55. The van der Waals surface area contributed by atoms with E-state index in [0.29, 0.717) is 28.6 Å². The van der Waals surface area contributed by atoms with E-state index in [-0.39, 0.29) is 0 Å². The predicted molar refractivity (Wildman–Crippen MR) is 141 cm³/mol. The molecule has 13 nitrogen and oxygen atoms in total. The molecule has 0 radical (unpaired) electrons. The van der Waals surface area contributed by atoms with Crippen LogP contribution in [0, 0.1) is 5.92 Å². The third kappa shape index (κ3) is 5.87. The second-order valence-electron chi connectivity index (χ2n) is 10.3. The summed E-state index contributed by atoms with van der Waals surface area (Å²) >= 11 is 1.56. The van der Waals surface area contributed by atoms with Crippen LogP contribution in [0.1, 0.15) is 66.3 Å². The third-order valence-corrected chi connectivity index (χ3v) is 7.79. The van der Waals surface area contributed by atoms with Crippen molar-refractivity contribution < 1.29 is 24.2 Å². The first kappa shape index (κ1) is 28.5. The van der Waals surface area contributed by atoms with Gasteiger partial charge in [0, 0.05) is 12.3 Å². The number of nitrogens with one attached hydrogen (secondary N) is 2. The summed E-state index contributed by atoms with van der Waals surface area (Å²) in [6.07, 6.45) is 1.05. The van der Waals surface area contributed by atoms with Gasteiger partial charge in [-0.25, -0.2) is 14.6 Å². The van der Waals surface area contributed by atoms with Gasteiger partial charge in [-0.2, -0.15) is 0 Å². The summed E-state index contributed by atoms with van der Waals surface area (Å²) in [5.74, 6) is -1.38. The van der Waals surface area contributed by atoms with Crippen molar-refractivity contribution in [1.82, 2.24) is 30.3 Å². The summed E-state index contributed by atoms with van der Waals surface area (Å²) in [6, 6.07) is -1.63. The number of nitrogens with two attached hydrogens (primary N) is 1. The number of carbonyl (C=O) groups is 2. The lowest BCUT2D eigenvalue weighted by molar-refractivity contribution is -0.164. The zero-order valence-electron chi connectivity index (χ0n) is 22.5. The Morgan fingerprint density at radius 2 is 1.97 bits per heavy atom. The van der Waals surface area contributed by atoms with Crippen molar-refractivity contribution in [2.45, 2.75) is 102 Å². The number of anilines is 1. The molecule has 0 bridgehead atoms. The molecule has 4 rings (SSSR count). The lowest BCUT2D eigenvalue weighted by atomic mass is 10.0. The Balaban J connectivity index is 1.69. The number of aliphatic hydroxyl groups excluding tert-OH is 1. The van der Waals surface area contributed by atoms with E-state index in [2.05, 4.69) is 39.8 Å². The fourth-order valence-corrected chi connectivity index (χ4v) is 5.63. The molecule has 0 spiro atoms. The van der Waals surface area contributed by atoms with Crippen molar-refractivity contribution in [2.75, 3.05) is 17.6 Å². The molecule has 2 amide bonds. The fourth-order valence-electron chi connectivity index (χ4n) is 4.94. The number of aliphatic hydroxyl groups is 1. The van der Waals surface area contributed by atoms with Crippen molar-refractivity contribution in [3.63, 3.8) is 0 Å². The molecule has 2 fully saturated rings. The molecule has 1 aliphatic carbocycles. The summed E-state index contributed by atoms with van der Waals surface area (Å²) in [6.45, 7) is 9.94. The van der Waals surface area contributed by atoms with Crippen LogP contribution in [-0.2, 0) is 19.1 Å². The molecule has 1 saturated heterocycles. The highest BCUT2D eigenvalue weighted by atomic mass is 32.2. The molecule has 2 aromatic rings. The molecule has 6 atom stereocenters. The number of amides is 2. The zero-order valence-corrected chi connectivity index (χ0v) is 23.3. The van der Waals surface area contributed by atoms with Crippen LogP contribution in [-0.4, -0.2) is 84.3 Å². The summed E-state index contributed by atoms with van der Waals surface area (Å²) in [7, 11) is 0. The van der Waals surface area contributed by atoms with Crippen molar-refractivity contribution in [3.8, 4) is 0 Å². The smallest absolute Gasteiger partial charge is 0.242 e. The van der Waals surface area contributed by atoms with Crippen LogP contribution >= 0.6 is 11.8 Å². The number of nitrogens with zero attached hydrogens (tertiary/aromatic N) is 5. The van der Waals surface area contributed by atoms with Gasteiger partial charge in [0.25, 0.3) is 0 Å². The summed E-state index contributed by atoms with van der Waals surface area (Å²) in [5.41, 5.74) is 6.49. The standard InChI is InChI=1S/C24H38N8O5S/c1-6-8-9-26-20-16-21(29-23(28-20)38-10-7-2)32(31-30-16)14-11-13(17-18(14)37-24(4,5)36-17)22(35)27-15(12(3)33)19(25)34/h12-15,17-18,33H,6-11H2,1-5H3,(H2,25,34)(H,27,35)(H,26,28,29)/t12-,13-,14?,15-,17?,18?/m1/s1. The normalized spacial score (nSPS) is 25.7. The van der Waals surface area contributed by atoms with Crippen molar-refractivity contribution >= 4 is 40.6 Å². The molecule has 1 saturated carbocycles. The molecule has 1 aliphatic heterocycles. The number of primary amides is 1. The molecular weight excluding hydrogens is 512 g/mol. The summed E-state index contributed by atoms with van der Waals surface area (Å²) in [4.78, 5) is 34.6. The molecule has 2 aromatic heterocycles. The molecule has 5 N–H and O–H groups in total. The second kappa shape index (κ2) is 11.7. The number of carbonyl (C=O) groups excluding carboxylic acids is 2. The van der Waals surface area contributed by atoms with Crippen LogP contribution in [0.4, 0.5) is 5.82 Å². The van der Waals surface area contributed by atoms with Gasteiger partial charge >= 0.3 is 0 Å². The fraction of sp³-hybridized carbons (Fsp3) is 0.750. The average Bonchev–Trinajstić information content (AvgIpc) is 3.51. The van der Waals surface area contributed by atoms with E-state index in [0.717, 1.165) is 31.6 Å². The minimum atomic E-state index is -1.22. The molecule has 3 heterocycles. The topological polar surface area (TPSA) is 179 Å². The number of unbranched alkanes of at least 4 members (excludes halogenated alkanes) is 1. The zero-order chi connectivity index (χ0) is 27.6. The number of rotatable bonds is 12. The van der Waals surface area contributed by atoms with Gasteiger partial charge in [0.2, 0.25) is 11.8 Å². The molecular formula is C24H38N8O5S. The second-order valence-corrected chi connectivity index (χ2v) is 11.4. The number of fused-ring (bicyclic) bond motifs is 2. The number of hydrogen-bond acceptors (Lipinski definition) is 11. The van der Waals surface area contributed by atoms with Crippen molar-refractivity contribution in [2.24, 2.45) is 11.7 Å². The van der Waals surface area contributed by atoms with Gasteiger partial charge in [0.1, 0.15) is 18.2 Å². The Bertz CT molecular complexity index is 1160. The highest BCUT2D eigenvalue weighted by molar-refractivity contribution is 7.99. The van der Waals surface area contributed by atoms with E-state index in [1.807, 2.05) is 0 Å². The summed E-state index contributed by atoms with van der Waals surface area (Å²) < 4.78 is 14.1. The van der Waals surface area contributed by atoms with Gasteiger partial charge in [-0.1, -0.05) is 37.2 Å². The largest absolute Gasteiger partial charge is 0.391 e. The molecule has 2 aliphatic rings. The quantitative estimate of drug-likeness (QED) is 0.170. The van der Waals surface area contributed by atoms with E-state index in [4.69, 9.17) is 20.2 Å². The molecule has 38 heavy (non-hydrogen) atoms. The first-order valence-corrected chi connectivity index (χ1v) is 14.2. The lowest BCUT2D eigenvalue weighted by Gasteiger charge is -2.25. The van der Waals surface area contributed by atoms with Crippen LogP contribution in [0.2, 0.25) is 0 Å². The third-order valence-electron chi connectivity index (χ3n) is 6.73. The number of hydrogen-bond donors (Lipinski definition) is 4. The van der Waals surface area contributed by atoms with Gasteiger partial charge in [0.15, 0.2) is 27.9 Å². The Kier molecular flexibility index (Phi) is 8.75. The van der Waals surface area contributed by atoms with Crippen molar-refractivity contribution in [3.05, 3.63) is 0 Å². The Morgan fingerprint density at radius 1 is 1.24 bits per heavy atom. The highest BCUT2D eigenvalue weighted by Gasteiger charge is 2.57. The molecule has 210 valence electrons. The maximum Gasteiger partial charge on any atom is 0.242 e. The van der Waals surface area contributed by atoms with Gasteiger partial charge in [-0.3, -0.25) is 9.59 Å². The molecule has 0 aromatic carbocycles. The van der Waals surface area contributed by atoms with Gasteiger partial charge in [0.05, 0.1) is 18.1 Å². The van der Waals surface area contributed by atoms with E-state index < -0.39 is 53.9 Å². The van der Waals surface area contributed by atoms with Gasteiger partial charge in [-0.15, -0.1) is 5.10 Å². The van der Waals surface area contributed by atoms with E-state index >= 15 is 0 Å². The first-order chi connectivity index (χ1) is 18.1. The first-order valence-electron chi connectivity index (χ1n) is 13.2. The van der Waals surface area contributed by atoms with Crippen molar-refractivity contribution in [1.29, 1.82) is 0 Å². The lowest BCUT2D eigenvalue weighted by Crippen LogP contribution is -2.53. The van der Waals surface area contributed by atoms with Crippen LogP contribution in [0.15, 0.2) is 5.16 Å². The van der Waals surface area contributed by atoms with Crippen LogP contribution in [0.25, 0.3) is 11.2 Å². The van der Waals surface area contributed by atoms with Gasteiger partial charge in [-0.05, 0) is 40.0 Å². The van der Waals surface area contributed by atoms with Crippen LogP contribution in [0.5, 0.6) is 0 Å². The highest BCUT2D eigenvalue weighted by Crippen LogP contribution is 2.47. The minimum Gasteiger partial charge on any atom is -0.391 e. The number of thioether (sulfide) groups is 1. The van der Waals surface area contributed by atoms with Crippen LogP contribution < -0.4 is 16.4 Å².